The van der Waals surface area contributed by atoms with Crippen LogP contribution in [0.3, 0.4) is 0 Å². The molecule has 1 amide bonds. The maximum Gasteiger partial charge on any atom is 0.338 e. The summed E-state index contributed by atoms with van der Waals surface area (Å²) in [5.41, 5.74) is 4.75. The number of H-pyrrole nitrogens is 1. The summed E-state index contributed by atoms with van der Waals surface area (Å²) < 4.78 is 11.3. The number of hydrogen-bond acceptors (Lipinski definition) is 7. The van der Waals surface area contributed by atoms with E-state index in [4.69, 9.17) is 15.2 Å². The van der Waals surface area contributed by atoms with Crippen molar-refractivity contribution in [3.63, 3.8) is 0 Å². The van der Waals surface area contributed by atoms with Gasteiger partial charge in [0.15, 0.2) is 12.3 Å². The maximum absolute atomic E-state index is 12.8. The van der Waals surface area contributed by atoms with E-state index in [1.54, 1.807) is 30.3 Å². The summed E-state index contributed by atoms with van der Waals surface area (Å²) in [6, 6.07) is 8.20. The second kappa shape index (κ2) is 11.0. The van der Waals surface area contributed by atoms with E-state index < -0.39 is 29.7 Å². The molecule has 0 bridgehead atoms. The molecule has 10 nitrogen and oxygen atoms in total. The number of aromatic nitrogens is 2. The fourth-order valence-electron chi connectivity index (χ4n) is 2.78. The van der Waals surface area contributed by atoms with Crippen LogP contribution in [0.5, 0.6) is 0 Å². The largest absolute Gasteiger partial charge is 0.452 e. The van der Waals surface area contributed by atoms with E-state index >= 15 is 0 Å². The number of nitrogen functional groups attached to an aromatic ring is 1. The molecule has 0 radical (unpaired) electrons. The Morgan fingerprint density at radius 2 is 1.90 bits per heavy atom. The third-order valence-electron chi connectivity index (χ3n) is 4.38. The van der Waals surface area contributed by atoms with Crippen molar-refractivity contribution in [3.05, 3.63) is 56.7 Å². The summed E-state index contributed by atoms with van der Waals surface area (Å²) in [6.45, 7) is 1.72. The quantitative estimate of drug-likeness (QED) is 0.543. The molecule has 3 N–H and O–H groups in total. The van der Waals surface area contributed by atoms with Gasteiger partial charge in [0, 0.05) is 20.2 Å². The molecule has 1 aromatic carbocycles. The third-order valence-corrected chi connectivity index (χ3v) is 4.38. The number of esters is 1. The van der Waals surface area contributed by atoms with Crippen LogP contribution < -0.4 is 21.9 Å². The van der Waals surface area contributed by atoms with Crippen LogP contribution in [-0.2, 0) is 20.8 Å². The summed E-state index contributed by atoms with van der Waals surface area (Å²) in [5, 5.41) is 0. The van der Waals surface area contributed by atoms with Crippen molar-refractivity contribution in [2.75, 3.05) is 37.5 Å². The van der Waals surface area contributed by atoms with Gasteiger partial charge in [-0.1, -0.05) is 31.5 Å². The molecule has 0 unspecified atom stereocenters. The molecule has 0 aliphatic rings. The van der Waals surface area contributed by atoms with E-state index in [-0.39, 0.29) is 24.7 Å². The average Bonchev–Trinajstić information content (AvgIpc) is 2.74. The van der Waals surface area contributed by atoms with Crippen molar-refractivity contribution in [3.8, 4) is 0 Å². The Morgan fingerprint density at radius 1 is 1.20 bits per heavy atom. The van der Waals surface area contributed by atoms with E-state index in [0.29, 0.717) is 18.5 Å². The lowest BCUT2D eigenvalue weighted by Gasteiger charge is -2.24. The number of anilines is 2. The van der Waals surface area contributed by atoms with Gasteiger partial charge in [0.2, 0.25) is 0 Å². The van der Waals surface area contributed by atoms with Gasteiger partial charge in [0.05, 0.1) is 12.2 Å². The standard InChI is InChI=1S/C20H26N4O6/c1-3-4-10-24-17(21)16(18(26)22-20(24)28)23(11-12-29-2)15(25)13-30-19(27)14-8-6-5-7-9-14/h5-9H,3-4,10-13,21H2,1-2H3,(H,22,26,28). The molecule has 1 aromatic heterocycles. The highest BCUT2D eigenvalue weighted by atomic mass is 16.5. The first-order valence-electron chi connectivity index (χ1n) is 9.54. The number of benzene rings is 1. The zero-order valence-electron chi connectivity index (χ0n) is 17.1. The van der Waals surface area contributed by atoms with Crippen molar-refractivity contribution in [2.45, 2.75) is 26.3 Å². The van der Waals surface area contributed by atoms with Crippen molar-refractivity contribution in [1.29, 1.82) is 0 Å². The lowest BCUT2D eigenvalue weighted by atomic mass is 10.2. The minimum absolute atomic E-state index is 0.0164. The summed E-state index contributed by atoms with van der Waals surface area (Å²) in [7, 11) is 1.44. The predicted molar refractivity (Wildman–Crippen MR) is 112 cm³/mol. The van der Waals surface area contributed by atoms with Crippen LogP contribution in [0.2, 0.25) is 0 Å². The number of rotatable bonds is 10. The summed E-state index contributed by atoms with van der Waals surface area (Å²) in [4.78, 5) is 52.8. The fraction of sp³-hybridized carbons (Fsp3) is 0.400. The maximum atomic E-state index is 12.8. The Balaban J connectivity index is 2.30. The van der Waals surface area contributed by atoms with Crippen LogP contribution in [0.15, 0.2) is 39.9 Å². The third kappa shape index (κ3) is 5.57. The van der Waals surface area contributed by atoms with Crippen LogP contribution >= 0.6 is 0 Å². The Labute approximate surface area is 173 Å². The van der Waals surface area contributed by atoms with Crippen molar-refractivity contribution in [2.24, 2.45) is 0 Å². The molecule has 0 saturated heterocycles. The number of nitrogens with two attached hydrogens (primary N) is 1. The van der Waals surface area contributed by atoms with Gasteiger partial charge in [0.25, 0.3) is 11.5 Å². The van der Waals surface area contributed by atoms with Crippen LogP contribution in [0.1, 0.15) is 30.1 Å². The van der Waals surface area contributed by atoms with Gasteiger partial charge in [-0.15, -0.1) is 0 Å². The SMILES string of the molecule is CCCCn1c(N)c(N(CCOC)C(=O)COC(=O)c2ccccc2)c(=O)[nH]c1=O. The Hall–Kier alpha value is -3.40. The predicted octanol–water partition coefficient (Wildman–Crippen LogP) is 0.755. The lowest BCUT2D eigenvalue weighted by Crippen LogP contribution is -2.44. The van der Waals surface area contributed by atoms with Gasteiger partial charge in [0.1, 0.15) is 5.82 Å². The van der Waals surface area contributed by atoms with Crippen molar-refractivity contribution < 1.29 is 19.1 Å². The first-order chi connectivity index (χ1) is 14.4. The number of ether oxygens (including phenoxy) is 2. The molecule has 0 aliphatic carbocycles. The van der Waals surface area contributed by atoms with E-state index in [9.17, 15) is 19.2 Å². The Kier molecular flexibility index (Phi) is 8.36. The lowest BCUT2D eigenvalue weighted by molar-refractivity contribution is -0.121. The molecule has 2 rings (SSSR count). The first kappa shape index (κ1) is 22.9. The summed E-state index contributed by atoms with van der Waals surface area (Å²) >= 11 is 0. The second-order valence-electron chi connectivity index (χ2n) is 6.48. The number of methoxy groups -OCH3 is 1. The molecule has 0 fully saturated rings. The Morgan fingerprint density at radius 3 is 2.53 bits per heavy atom. The number of aromatic amines is 1. The number of amides is 1. The van der Waals surface area contributed by atoms with Crippen LogP contribution in [-0.4, -0.2) is 48.3 Å². The van der Waals surface area contributed by atoms with Gasteiger partial charge in [-0.2, -0.15) is 0 Å². The van der Waals surface area contributed by atoms with Gasteiger partial charge in [-0.05, 0) is 18.6 Å². The number of hydrogen-bond donors (Lipinski definition) is 2. The van der Waals surface area contributed by atoms with Crippen LogP contribution in [0.4, 0.5) is 11.5 Å². The molecule has 1 heterocycles. The number of nitrogens with one attached hydrogen (secondary N) is 1. The number of carbonyl (C=O) groups excluding carboxylic acids is 2. The Bertz CT molecular complexity index is 983. The van der Waals surface area contributed by atoms with Crippen LogP contribution in [0.25, 0.3) is 0 Å². The molecule has 0 spiro atoms. The molecule has 30 heavy (non-hydrogen) atoms. The molecule has 10 heteroatoms. The highest BCUT2D eigenvalue weighted by molar-refractivity contribution is 5.98. The molecule has 0 saturated carbocycles. The van der Waals surface area contributed by atoms with Crippen molar-refractivity contribution >= 4 is 23.4 Å². The number of carbonyl (C=O) groups is 2. The smallest absolute Gasteiger partial charge is 0.338 e. The van der Waals surface area contributed by atoms with Gasteiger partial charge >= 0.3 is 11.7 Å². The first-order valence-corrected chi connectivity index (χ1v) is 9.54. The number of nitrogens with zero attached hydrogens (tertiary/aromatic N) is 2. The minimum atomic E-state index is -0.802. The van der Waals surface area contributed by atoms with E-state index in [1.165, 1.54) is 11.7 Å². The highest BCUT2D eigenvalue weighted by Crippen LogP contribution is 2.17. The molecule has 0 aliphatic heterocycles. The summed E-state index contributed by atoms with van der Waals surface area (Å²) in [6.07, 6.45) is 1.47. The van der Waals surface area contributed by atoms with Crippen molar-refractivity contribution in [1.82, 2.24) is 9.55 Å². The van der Waals surface area contributed by atoms with Gasteiger partial charge in [-0.25, -0.2) is 9.59 Å². The van der Waals surface area contributed by atoms with Gasteiger partial charge in [-0.3, -0.25) is 24.0 Å². The molecule has 162 valence electrons. The van der Waals surface area contributed by atoms with E-state index in [2.05, 4.69) is 4.98 Å². The highest BCUT2D eigenvalue weighted by Gasteiger charge is 2.25. The molecular weight excluding hydrogens is 392 g/mol. The molecule has 2 aromatic rings. The van der Waals surface area contributed by atoms with E-state index in [1.807, 2.05) is 6.92 Å². The monoisotopic (exact) mass is 418 g/mol. The van der Waals surface area contributed by atoms with Gasteiger partial charge < -0.3 is 15.2 Å². The van der Waals surface area contributed by atoms with E-state index in [0.717, 1.165) is 11.3 Å². The molecule has 0 atom stereocenters. The fourth-order valence-corrected chi connectivity index (χ4v) is 2.78. The minimum Gasteiger partial charge on any atom is -0.452 e. The number of unbranched alkanes of at least 4 members (excludes halogenated alkanes) is 1. The second-order valence-corrected chi connectivity index (χ2v) is 6.48. The zero-order chi connectivity index (χ0) is 22.1. The average molecular weight is 418 g/mol. The molecular formula is C20H26N4O6. The normalized spacial score (nSPS) is 10.6. The zero-order valence-corrected chi connectivity index (χ0v) is 17.1. The summed E-state index contributed by atoms with van der Waals surface area (Å²) in [5.74, 6) is -1.48. The van der Waals surface area contributed by atoms with Crippen LogP contribution in [0, 0.1) is 0 Å². The topological polar surface area (TPSA) is 137 Å².